The van der Waals surface area contributed by atoms with Gasteiger partial charge in [-0.25, -0.2) is 0 Å². The summed E-state index contributed by atoms with van der Waals surface area (Å²) < 4.78 is 16.6. The van der Waals surface area contributed by atoms with Crippen LogP contribution in [0.5, 0.6) is 23.0 Å². The minimum absolute atomic E-state index is 0.583. The van der Waals surface area contributed by atoms with Crippen LogP contribution in [0.1, 0.15) is 5.56 Å². The largest absolute Gasteiger partial charge is 0.493 e. The van der Waals surface area contributed by atoms with Gasteiger partial charge in [0.2, 0.25) is 5.75 Å². The van der Waals surface area contributed by atoms with Crippen molar-refractivity contribution in [2.24, 2.45) is 0 Å². The molecule has 0 aliphatic rings. The summed E-state index contributed by atoms with van der Waals surface area (Å²) in [5, 5.41) is 3.12. The Kier molecular flexibility index (Phi) is 4.85. The maximum absolute atomic E-state index is 5.93. The SMILES string of the molecule is CNCc1cccc(Oc2c(OC)cccc2OC)c1. The molecule has 20 heavy (non-hydrogen) atoms. The highest BCUT2D eigenvalue weighted by Crippen LogP contribution is 2.39. The molecule has 106 valence electrons. The molecule has 0 aromatic heterocycles. The lowest BCUT2D eigenvalue weighted by molar-refractivity contribution is 0.346. The first-order valence-corrected chi connectivity index (χ1v) is 6.41. The third-order valence-electron chi connectivity index (χ3n) is 2.88. The molecule has 0 amide bonds. The predicted molar refractivity (Wildman–Crippen MR) is 78.8 cm³/mol. The van der Waals surface area contributed by atoms with E-state index in [9.17, 15) is 0 Å². The van der Waals surface area contributed by atoms with E-state index < -0.39 is 0 Å². The highest BCUT2D eigenvalue weighted by atomic mass is 16.5. The van der Waals surface area contributed by atoms with Crippen LogP contribution in [0.3, 0.4) is 0 Å². The van der Waals surface area contributed by atoms with Gasteiger partial charge in [0.1, 0.15) is 5.75 Å². The van der Waals surface area contributed by atoms with Crippen molar-refractivity contribution in [1.82, 2.24) is 5.32 Å². The molecule has 0 radical (unpaired) electrons. The van der Waals surface area contributed by atoms with E-state index in [1.807, 2.05) is 49.5 Å². The minimum atomic E-state index is 0.583. The molecule has 4 heteroatoms. The van der Waals surface area contributed by atoms with Gasteiger partial charge in [0.05, 0.1) is 14.2 Å². The zero-order chi connectivity index (χ0) is 14.4. The second-order valence-corrected chi connectivity index (χ2v) is 4.27. The van der Waals surface area contributed by atoms with Gasteiger partial charge in [0.25, 0.3) is 0 Å². The summed E-state index contributed by atoms with van der Waals surface area (Å²) in [4.78, 5) is 0. The summed E-state index contributed by atoms with van der Waals surface area (Å²) in [6.07, 6.45) is 0. The number of hydrogen-bond acceptors (Lipinski definition) is 4. The molecule has 4 nitrogen and oxygen atoms in total. The van der Waals surface area contributed by atoms with Crippen LogP contribution in [0.2, 0.25) is 0 Å². The first-order valence-electron chi connectivity index (χ1n) is 6.41. The smallest absolute Gasteiger partial charge is 0.210 e. The molecule has 0 unspecified atom stereocenters. The molecule has 0 aliphatic heterocycles. The standard InChI is InChI=1S/C16H19NO3/c1-17-11-12-6-4-7-13(10-12)20-16-14(18-2)8-5-9-15(16)19-3/h4-10,17H,11H2,1-3H3. The van der Waals surface area contributed by atoms with Crippen molar-refractivity contribution in [3.8, 4) is 23.0 Å². The van der Waals surface area contributed by atoms with Crippen molar-refractivity contribution in [3.63, 3.8) is 0 Å². The van der Waals surface area contributed by atoms with Crippen LogP contribution in [0.15, 0.2) is 42.5 Å². The number of hydrogen-bond donors (Lipinski definition) is 1. The van der Waals surface area contributed by atoms with Gasteiger partial charge in [-0.15, -0.1) is 0 Å². The van der Waals surface area contributed by atoms with Crippen LogP contribution < -0.4 is 19.5 Å². The van der Waals surface area contributed by atoms with Crippen LogP contribution in [0, 0.1) is 0 Å². The van der Waals surface area contributed by atoms with Gasteiger partial charge >= 0.3 is 0 Å². The first-order chi connectivity index (χ1) is 9.78. The molecule has 0 saturated heterocycles. The van der Waals surface area contributed by atoms with Crippen molar-refractivity contribution in [3.05, 3.63) is 48.0 Å². The van der Waals surface area contributed by atoms with E-state index >= 15 is 0 Å². The van der Waals surface area contributed by atoms with Gasteiger partial charge in [0.15, 0.2) is 11.5 Å². The summed E-state index contributed by atoms with van der Waals surface area (Å²) in [5.41, 5.74) is 1.15. The van der Waals surface area contributed by atoms with Gasteiger partial charge < -0.3 is 19.5 Å². The Balaban J connectivity index is 2.31. The average Bonchev–Trinajstić information content (AvgIpc) is 2.48. The molecule has 0 aliphatic carbocycles. The molecule has 0 heterocycles. The van der Waals surface area contributed by atoms with Gasteiger partial charge in [-0.05, 0) is 36.9 Å². The lowest BCUT2D eigenvalue weighted by Gasteiger charge is -2.14. The van der Waals surface area contributed by atoms with Gasteiger partial charge in [-0.3, -0.25) is 0 Å². The molecule has 2 aromatic rings. The highest BCUT2D eigenvalue weighted by Gasteiger charge is 2.12. The number of para-hydroxylation sites is 1. The number of nitrogens with one attached hydrogen (secondary N) is 1. The summed E-state index contributed by atoms with van der Waals surface area (Å²) in [7, 11) is 5.13. The number of benzene rings is 2. The fourth-order valence-electron chi connectivity index (χ4n) is 1.96. The molecule has 0 saturated carbocycles. The monoisotopic (exact) mass is 273 g/mol. The summed E-state index contributed by atoms with van der Waals surface area (Å²) in [6.45, 7) is 0.792. The quantitative estimate of drug-likeness (QED) is 0.877. The van der Waals surface area contributed by atoms with Crippen LogP contribution in [-0.2, 0) is 6.54 Å². The molecule has 0 spiro atoms. The van der Waals surface area contributed by atoms with Crippen molar-refractivity contribution in [2.75, 3.05) is 21.3 Å². The van der Waals surface area contributed by atoms with Crippen molar-refractivity contribution in [2.45, 2.75) is 6.54 Å². The van der Waals surface area contributed by atoms with Crippen molar-refractivity contribution >= 4 is 0 Å². The number of ether oxygens (including phenoxy) is 3. The zero-order valence-corrected chi connectivity index (χ0v) is 12.0. The second kappa shape index (κ2) is 6.82. The molecule has 1 N–H and O–H groups in total. The Bertz CT molecular complexity index is 547. The van der Waals surface area contributed by atoms with E-state index in [0.717, 1.165) is 17.9 Å². The Morgan fingerprint density at radius 3 is 2.20 bits per heavy atom. The van der Waals surface area contributed by atoms with Crippen LogP contribution in [0.4, 0.5) is 0 Å². The molecular weight excluding hydrogens is 254 g/mol. The Hall–Kier alpha value is -2.20. The first kappa shape index (κ1) is 14.2. The van der Waals surface area contributed by atoms with Crippen LogP contribution >= 0.6 is 0 Å². The zero-order valence-electron chi connectivity index (χ0n) is 12.0. The summed E-state index contributed by atoms with van der Waals surface area (Å²) in [5.74, 6) is 2.62. The lowest BCUT2D eigenvalue weighted by Crippen LogP contribution is -2.04. The van der Waals surface area contributed by atoms with Crippen molar-refractivity contribution in [1.29, 1.82) is 0 Å². The second-order valence-electron chi connectivity index (χ2n) is 4.27. The van der Waals surface area contributed by atoms with E-state index in [0.29, 0.717) is 17.2 Å². The molecule has 2 aromatic carbocycles. The molecular formula is C16H19NO3. The average molecular weight is 273 g/mol. The molecule has 2 rings (SSSR count). The molecule has 0 bridgehead atoms. The predicted octanol–water partition coefficient (Wildman–Crippen LogP) is 3.22. The third kappa shape index (κ3) is 3.22. The van der Waals surface area contributed by atoms with E-state index in [1.165, 1.54) is 0 Å². The Labute approximate surface area is 119 Å². The van der Waals surface area contributed by atoms with Gasteiger partial charge in [-0.1, -0.05) is 18.2 Å². The maximum atomic E-state index is 5.93. The fourth-order valence-corrected chi connectivity index (χ4v) is 1.96. The fraction of sp³-hybridized carbons (Fsp3) is 0.250. The molecule has 0 atom stereocenters. The summed E-state index contributed by atoms with van der Waals surface area (Å²) in [6, 6.07) is 13.5. The minimum Gasteiger partial charge on any atom is -0.493 e. The van der Waals surface area contributed by atoms with E-state index in [1.54, 1.807) is 14.2 Å². The number of methoxy groups -OCH3 is 2. The maximum Gasteiger partial charge on any atom is 0.210 e. The van der Waals surface area contributed by atoms with Gasteiger partial charge in [0, 0.05) is 6.54 Å². The lowest BCUT2D eigenvalue weighted by atomic mass is 10.2. The highest BCUT2D eigenvalue weighted by molar-refractivity contribution is 5.53. The summed E-state index contributed by atoms with van der Waals surface area (Å²) >= 11 is 0. The van der Waals surface area contributed by atoms with Crippen molar-refractivity contribution < 1.29 is 14.2 Å². The molecule has 0 fully saturated rings. The van der Waals surface area contributed by atoms with E-state index in [2.05, 4.69) is 5.32 Å². The third-order valence-corrected chi connectivity index (χ3v) is 2.88. The normalized spacial score (nSPS) is 10.2. The van der Waals surface area contributed by atoms with E-state index in [4.69, 9.17) is 14.2 Å². The van der Waals surface area contributed by atoms with Gasteiger partial charge in [-0.2, -0.15) is 0 Å². The van der Waals surface area contributed by atoms with E-state index in [-0.39, 0.29) is 0 Å². The van der Waals surface area contributed by atoms with Crippen LogP contribution in [-0.4, -0.2) is 21.3 Å². The Morgan fingerprint density at radius 2 is 1.60 bits per heavy atom. The number of rotatable bonds is 6. The van der Waals surface area contributed by atoms with Crippen LogP contribution in [0.25, 0.3) is 0 Å². The Morgan fingerprint density at radius 1 is 0.950 bits per heavy atom. The topological polar surface area (TPSA) is 39.7 Å².